The number of carboxylic acids is 1. The fourth-order valence-corrected chi connectivity index (χ4v) is 9.25. The molecule has 2 aromatic rings. The largest absolute Gasteiger partial charge is 0.480 e. The fraction of sp³-hybridized carbons (Fsp3) is 0.531. The Balaban J connectivity index is 1.20. The molecule has 0 aromatic heterocycles. The number of urea groups is 1. The van der Waals surface area contributed by atoms with Gasteiger partial charge < -0.3 is 74.4 Å². The van der Waals surface area contributed by atoms with E-state index in [4.69, 9.17) is 28.0 Å². The van der Waals surface area contributed by atoms with E-state index in [-0.39, 0.29) is 89.6 Å². The summed E-state index contributed by atoms with van der Waals surface area (Å²) in [5, 5.41) is 55.6. The third-order valence-electron chi connectivity index (χ3n) is 13.1. The van der Waals surface area contributed by atoms with E-state index in [1.165, 1.54) is 19.8 Å². The monoisotopic (exact) mass is 1060 g/mol. The number of aliphatic carboxylic acids is 1. The van der Waals surface area contributed by atoms with Gasteiger partial charge in [-0.1, -0.05) is 60.7 Å². The number of likely N-dealkylation sites (tertiary alicyclic amines) is 2. The SMILES string of the molecule is N=C(N)NCCCC(NC(=O)[C@H](Cc1ccccc1)NC(=O)[C@@H]1CCCN1C(=O)[C@H](CO)NC(=O)[C@H](Cc1ccccc1)NC(=O)CNC(=O)[C@@H]1CCCN1C(=O)N1CCCN1C(=O)[C@@H](N)CCCNC(=N)N)C(=O)O. The van der Waals surface area contributed by atoms with Crippen LogP contribution in [0.5, 0.6) is 0 Å². The first kappa shape index (κ1) is 58.8. The van der Waals surface area contributed by atoms with Crippen LogP contribution < -0.4 is 54.4 Å². The molecule has 27 nitrogen and oxygen atoms in total. The number of carbonyl (C=O) groups excluding carboxylic acids is 8. The first-order valence-electron chi connectivity index (χ1n) is 25.4. The Hall–Kier alpha value is -8.07. The van der Waals surface area contributed by atoms with Crippen molar-refractivity contribution in [1.29, 1.82) is 10.8 Å². The number of aliphatic hydroxyl groups excluding tert-OH is 1. The van der Waals surface area contributed by atoms with Crippen LogP contribution in [0.4, 0.5) is 4.79 Å². The Labute approximate surface area is 439 Å². The van der Waals surface area contributed by atoms with Gasteiger partial charge in [0.25, 0.3) is 5.91 Å². The Morgan fingerprint density at radius 3 is 1.66 bits per heavy atom. The molecule has 3 saturated heterocycles. The highest BCUT2D eigenvalue weighted by Gasteiger charge is 2.43. The predicted octanol–water partition coefficient (Wildman–Crippen LogP) is -3.52. The number of hydrogen-bond acceptors (Lipinski definition) is 13. The highest BCUT2D eigenvalue weighted by atomic mass is 16.4. The van der Waals surface area contributed by atoms with E-state index in [1.54, 1.807) is 60.7 Å². The van der Waals surface area contributed by atoms with Crippen LogP contribution in [0.3, 0.4) is 0 Å². The Morgan fingerprint density at radius 1 is 0.592 bits per heavy atom. The number of guanidine groups is 2. The number of nitrogens with zero attached hydrogens (tertiary/aromatic N) is 4. The van der Waals surface area contributed by atoms with Crippen molar-refractivity contribution in [1.82, 2.24) is 57.0 Å². The zero-order valence-electron chi connectivity index (χ0n) is 42.3. The van der Waals surface area contributed by atoms with E-state index in [1.807, 2.05) is 0 Å². The molecule has 1 unspecified atom stereocenters. The van der Waals surface area contributed by atoms with Gasteiger partial charge in [-0.15, -0.1) is 0 Å². The van der Waals surface area contributed by atoms with Crippen LogP contribution in [0.2, 0.25) is 0 Å². The number of carbonyl (C=O) groups is 9. The maximum absolute atomic E-state index is 14.1. The highest BCUT2D eigenvalue weighted by molar-refractivity contribution is 5.97. The third-order valence-corrected chi connectivity index (χ3v) is 13.1. The Bertz CT molecular complexity index is 2380. The van der Waals surface area contributed by atoms with Gasteiger partial charge in [-0.2, -0.15) is 0 Å². The van der Waals surface area contributed by atoms with Crippen LogP contribution in [0.15, 0.2) is 60.7 Å². The molecule has 0 radical (unpaired) electrons. The molecular formula is C49H72N16O11. The summed E-state index contributed by atoms with van der Waals surface area (Å²) in [7, 11) is 0. The molecule has 0 bridgehead atoms. The molecule has 5 rings (SSSR count). The van der Waals surface area contributed by atoms with E-state index in [0.717, 1.165) is 0 Å². The average Bonchev–Trinajstić information content (AvgIpc) is 4.22. The van der Waals surface area contributed by atoms with Gasteiger partial charge in [0.1, 0.15) is 36.3 Å². The molecule has 414 valence electrons. The van der Waals surface area contributed by atoms with Crippen molar-refractivity contribution < 1.29 is 53.4 Å². The van der Waals surface area contributed by atoms with Crippen molar-refractivity contribution in [3.8, 4) is 0 Å². The zero-order valence-corrected chi connectivity index (χ0v) is 42.3. The van der Waals surface area contributed by atoms with Crippen LogP contribution in [0, 0.1) is 10.8 Å². The van der Waals surface area contributed by atoms with E-state index in [2.05, 4.69) is 37.2 Å². The molecule has 0 saturated carbocycles. The third kappa shape index (κ3) is 17.3. The second kappa shape index (κ2) is 29.1. The van der Waals surface area contributed by atoms with Crippen molar-refractivity contribution >= 4 is 65.3 Å². The summed E-state index contributed by atoms with van der Waals surface area (Å²) in [6.45, 7) is -0.260. The Morgan fingerprint density at radius 2 is 1.11 bits per heavy atom. The number of carboxylic acid groups (broad SMARTS) is 1. The second-order valence-corrected chi connectivity index (χ2v) is 18.8. The van der Waals surface area contributed by atoms with Crippen LogP contribution in [-0.2, 0) is 51.2 Å². The molecule has 27 heteroatoms. The fourth-order valence-electron chi connectivity index (χ4n) is 9.25. The maximum atomic E-state index is 14.1. The minimum absolute atomic E-state index is 0.0191. The van der Waals surface area contributed by atoms with Crippen molar-refractivity contribution in [2.75, 3.05) is 52.4 Å². The topological polar surface area (TPSA) is 417 Å². The molecule has 76 heavy (non-hydrogen) atoms. The van der Waals surface area contributed by atoms with Gasteiger partial charge in [0.15, 0.2) is 11.9 Å². The predicted molar refractivity (Wildman–Crippen MR) is 275 cm³/mol. The minimum atomic E-state index is -1.59. The summed E-state index contributed by atoms with van der Waals surface area (Å²) in [5.74, 6) is -6.93. The number of hydrogen-bond donors (Lipinski definition) is 14. The van der Waals surface area contributed by atoms with Crippen LogP contribution in [0.25, 0.3) is 0 Å². The molecule has 9 amide bonds. The summed E-state index contributed by atoms with van der Waals surface area (Å²) in [4.78, 5) is 125. The number of benzene rings is 2. The molecule has 0 spiro atoms. The number of hydrazine groups is 1. The summed E-state index contributed by atoms with van der Waals surface area (Å²) >= 11 is 0. The lowest BCUT2D eigenvalue weighted by Gasteiger charge is -2.34. The number of aliphatic hydroxyl groups is 1. The quantitative estimate of drug-likeness (QED) is 0.0247. The van der Waals surface area contributed by atoms with Crippen LogP contribution in [-0.4, -0.2) is 190 Å². The molecule has 3 fully saturated rings. The van der Waals surface area contributed by atoms with E-state index < -0.39 is 109 Å². The summed E-state index contributed by atoms with van der Waals surface area (Å²) in [6.07, 6.45) is 2.57. The van der Waals surface area contributed by atoms with E-state index in [9.17, 15) is 53.4 Å². The maximum Gasteiger partial charge on any atom is 0.339 e. The Kier molecular flexibility index (Phi) is 22.5. The molecule has 3 heterocycles. The lowest BCUT2D eigenvalue weighted by Crippen LogP contribution is -2.60. The molecule has 3 aliphatic heterocycles. The molecule has 3 aliphatic rings. The molecule has 17 N–H and O–H groups in total. The lowest BCUT2D eigenvalue weighted by molar-refractivity contribution is -0.144. The first-order valence-corrected chi connectivity index (χ1v) is 25.4. The molecule has 0 aliphatic carbocycles. The van der Waals surface area contributed by atoms with Gasteiger partial charge >= 0.3 is 12.0 Å². The minimum Gasteiger partial charge on any atom is -0.480 e. The summed E-state index contributed by atoms with van der Waals surface area (Å²) in [6, 6.07) is 8.09. The first-order chi connectivity index (χ1) is 36.4. The van der Waals surface area contributed by atoms with Crippen molar-refractivity contribution in [2.45, 2.75) is 113 Å². The average molecular weight is 1060 g/mol. The van der Waals surface area contributed by atoms with Gasteiger partial charge in [-0.25, -0.2) is 19.6 Å². The van der Waals surface area contributed by atoms with Crippen molar-refractivity contribution in [3.63, 3.8) is 0 Å². The highest BCUT2D eigenvalue weighted by Crippen LogP contribution is 2.24. The molecule has 2 aromatic carbocycles. The van der Waals surface area contributed by atoms with Gasteiger partial charge in [0, 0.05) is 52.1 Å². The normalized spacial score (nSPS) is 18.0. The number of nitrogens with two attached hydrogens (primary N) is 3. The smallest absolute Gasteiger partial charge is 0.339 e. The van der Waals surface area contributed by atoms with Crippen LogP contribution in [0.1, 0.15) is 68.9 Å². The van der Waals surface area contributed by atoms with Crippen molar-refractivity contribution in [3.05, 3.63) is 71.8 Å². The summed E-state index contributed by atoms with van der Waals surface area (Å²) in [5.41, 5.74) is 18.1. The van der Waals surface area contributed by atoms with E-state index >= 15 is 0 Å². The van der Waals surface area contributed by atoms with Gasteiger partial charge in [-0.05, 0) is 68.9 Å². The van der Waals surface area contributed by atoms with E-state index in [0.29, 0.717) is 43.4 Å². The van der Waals surface area contributed by atoms with Gasteiger partial charge in [-0.3, -0.25) is 44.4 Å². The van der Waals surface area contributed by atoms with Gasteiger partial charge in [0.05, 0.1) is 19.2 Å². The second-order valence-electron chi connectivity index (χ2n) is 18.8. The molecule has 7 atom stereocenters. The standard InChI is InChI=1S/C49H72N16O11/c50-32(16-7-20-55-47(51)52)44(72)64-24-11-25-65(64)49(76)63-23-10-18-37(63)42(70)57-28-39(67)58-34(26-30-12-3-1-4-13-30)40(68)61-36(29-66)45(73)62-22-9-19-38(62)43(71)60-35(27-31-14-5-2-6-15-31)41(69)59-33(46(74)75)17-8-21-56-48(53)54/h1-6,12-15,32-38,66H,7-11,16-29,50H2,(H,57,70)(H,58,67)(H,59,69)(H,60,71)(H,61,68)(H,74,75)(H4,51,52,55)(H4,53,54,56)/t32-,33?,34-,35-,36-,37-,38-/m0/s1. The van der Waals surface area contributed by atoms with Crippen molar-refractivity contribution in [2.24, 2.45) is 17.2 Å². The zero-order chi connectivity index (χ0) is 55.3. The molecular weight excluding hydrogens is 989 g/mol. The number of amides is 9. The number of nitrogens with one attached hydrogen (secondary N) is 9. The summed E-state index contributed by atoms with van der Waals surface area (Å²) < 4.78 is 0. The lowest BCUT2D eigenvalue weighted by atomic mass is 10.0. The van der Waals surface area contributed by atoms with Crippen LogP contribution >= 0.6 is 0 Å². The van der Waals surface area contributed by atoms with Gasteiger partial charge in [0.2, 0.25) is 35.4 Å². The number of rotatable bonds is 26.